The number of carbonyl (C=O) groups is 1. The van der Waals surface area contributed by atoms with E-state index in [0.29, 0.717) is 29.4 Å². The second-order valence-corrected chi connectivity index (χ2v) is 6.78. The first-order chi connectivity index (χ1) is 11.6. The number of nitrogens with one attached hydrogen (secondary N) is 2. The van der Waals surface area contributed by atoms with Crippen LogP contribution in [0, 0.1) is 0 Å². The fraction of sp³-hybridized carbons (Fsp3) is 0.176. The molecule has 1 amide bonds. The van der Waals surface area contributed by atoms with E-state index in [1.807, 2.05) is 30.3 Å². The van der Waals surface area contributed by atoms with Crippen molar-refractivity contribution < 1.29 is 9.90 Å². The number of carbonyl (C=O) groups excluding carboxylic acids is 1. The largest absolute Gasteiger partial charge is 0.506 e. The van der Waals surface area contributed by atoms with E-state index in [9.17, 15) is 9.90 Å². The number of benzene rings is 2. The van der Waals surface area contributed by atoms with Crippen LogP contribution in [-0.2, 0) is 4.79 Å². The van der Waals surface area contributed by atoms with Gasteiger partial charge in [0.05, 0.1) is 10.7 Å². The summed E-state index contributed by atoms with van der Waals surface area (Å²) in [5, 5.41) is 17.0. The van der Waals surface area contributed by atoms with Crippen molar-refractivity contribution in [3.05, 3.63) is 57.0 Å². The lowest BCUT2D eigenvalue weighted by atomic mass is 10.2. The van der Waals surface area contributed by atoms with Crippen LogP contribution in [-0.4, -0.2) is 23.8 Å². The molecule has 5 nitrogen and oxygen atoms in total. The lowest BCUT2D eigenvalue weighted by Gasteiger charge is -2.05. The van der Waals surface area contributed by atoms with Crippen LogP contribution in [0.4, 0.5) is 5.69 Å². The van der Waals surface area contributed by atoms with Gasteiger partial charge in [0.15, 0.2) is 0 Å². The molecule has 2 aromatic carbocycles. The quantitative estimate of drug-likeness (QED) is 0.332. The van der Waals surface area contributed by atoms with Crippen LogP contribution in [0.15, 0.2) is 56.5 Å². The van der Waals surface area contributed by atoms with Gasteiger partial charge in [0.2, 0.25) is 5.91 Å². The number of amides is 1. The number of rotatable bonds is 7. The Balaban J connectivity index is 1.73. The molecule has 7 heteroatoms. The van der Waals surface area contributed by atoms with Crippen LogP contribution in [0.2, 0.25) is 0 Å². The number of hydrogen-bond donors (Lipinski definition) is 3. The van der Waals surface area contributed by atoms with Crippen LogP contribution in [0.25, 0.3) is 0 Å². The number of phenols is 1. The zero-order valence-electron chi connectivity index (χ0n) is 12.8. The number of phenolic OH excluding ortho intramolecular Hbond substituents is 1. The third-order valence-corrected chi connectivity index (χ3v) is 4.20. The monoisotopic (exact) mass is 453 g/mol. The van der Waals surface area contributed by atoms with Crippen LogP contribution < -0.4 is 10.7 Å². The first kappa shape index (κ1) is 18.5. The maximum Gasteiger partial charge on any atom is 0.240 e. The van der Waals surface area contributed by atoms with Crippen LogP contribution in [0.3, 0.4) is 0 Å². The van der Waals surface area contributed by atoms with E-state index in [1.54, 1.807) is 12.1 Å². The summed E-state index contributed by atoms with van der Waals surface area (Å²) < 4.78 is 1.35. The highest BCUT2D eigenvalue weighted by Gasteiger charge is 2.05. The van der Waals surface area contributed by atoms with Gasteiger partial charge in [0.1, 0.15) is 5.75 Å². The van der Waals surface area contributed by atoms with E-state index in [2.05, 4.69) is 47.7 Å². The van der Waals surface area contributed by atoms with Gasteiger partial charge >= 0.3 is 0 Å². The Bertz CT molecular complexity index is 721. The van der Waals surface area contributed by atoms with Crippen molar-refractivity contribution in [2.45, 2.75) is 12.8 Å². The van der Waals surface area contributed by atoms with Crippen molar-refractivity contribution in [2.75, 3.05) is 11.9 Å². The van der Waals surface area contributed by atoms with E-state index in [0.717, 1.165) is 10.2 Å². The van der Waals surface area contributed by atoms with Gasteiger partial charge in [-0.3, -0.25) is 4.79 Å². The van der Waals surface area contributed by atoms with Gasteiger partial charge < -0.3 is 10.4 Å². The molecule has 126 valence electrons. The van der Waals surface area contributed by atoms with Gasteiger partial charge in [-0.15, -0.1) is 0 Å². The summed E-state index contributed by atoms with van der Waals surface area (Å²) in [5.74, 6) is -0.0991. The van der Waals surface area contributed by atoms with E-state index in [-0.39, 0.29) is 11.7 Å². The average Bonchev–Trinajstić information content (AvgIpc) is 2.57. The summed E-state index contributed by atoms with van der Waals surface area (Å²) >= 11 is 6.58. The molecule has 0 spiro atoms. The van der Waals surface area contributed by atoms with Crippen LogP contribution >= 0.6 is 31.9 Å². The molecule has 0 aliphatic heterocycles. The van der Waals surface area contributed by atoms with E-state index < -0.39 is 0 Å². The molecule has 3 N–H and O–H groups in total. The van der Waals surface area contributed by atoms with Crippen molar-refractivity contribution in [1.29, 1.82) is 0 Å². The molecule has 0 atom stereocenters. The molecule has 2 aromatic rings. The fourth-order valence-corrected chi connectivity index (χ4v) is 3.21. The van der Waals surface area contributed by atoms with Gasteiger partial charge in [0, 0.05) is 28.7 Å². The molecule has 0 aromatic heterocycles. The van der Waals surface area contributed by atoms with Gasteiger partial charge in [-0.05, 0) is 46.6 Å². The first-order valence-electron chi connectivity index (χ1n) is 7.35. The molecule has 0 saturated carbocycles. The third kappa shape index (κ3) is 5.98. The van der Waals surface area contributed by atoms with Gasteiger partial charge in [-0.25, -0.2) is 5.43 Å². The summed E-state index contributed by atoms with van der Waals surface area (Å²) in [6, 6.07) is 13.3. The summed E-state index contributed by atoms with van der Waals surface area (Å²) in [5.41, 5.74) is 3.99. The van der Waals surface area contributed by atoms with E-state index in [4.69, 9.17) is 0 Å². The smallest absolute Gasteiger partial charge is 0.240 e. The molecule has 0 aliphatic carbocycles. The molecule has 0 aliphatic rings. The van der Waals surface area contributed by atoms with E-state index >= 15 is 0 Å². The SMILES string of the molecule is O=C(CCCNc1ccccc1)N/N=C/c1cc(Br)cc(Br)c1O. The van der Waals surface area contributed by atoms with E-state index in [1.165, 1.54) is 6.21 Å². The standard InChI is InChI=1S/C17H17Br2N3O2/c18-13-9-12(17(24)15(19)10-13)11-21-22-16(23)7-4-8-20-14-5-2-1-3-6-14/h1-3,5-6,9-11,20,24H,4,7-8H2,(H,22,23)/b21-11+. The number of hydrazone groups is 1. The highest BCUT2D eigenvalue weighted by molar-refractivity contribution is 9.11. The Morgan fingerprint density at radius 3 is 2.71 bits per heavy atom. The summed E-state index contributed by atoms with van der Waals surface area (Å²) in [6.07, 6.45) is 2.47. The molecular formula is C17H17Br2N3O2. The second kappa shape index (κ2) is 9.44. The molecule has 0 saturated heterocycles. The van der Waals surface area contributed by atoms with Crippen molar-refractivity contribution in [3.63, 3.8) is 0 Å². The lowest BCUT2D eigenvalue weighted by Crippen LogP contribution is -2.18. The zero-order chi connectivity index (χ0) is 17.4. The Labute approximate surface area is 157 Å². The molecule has 0 unspecified atom stereocenters. The highest BCUT2D eigenvalue weighted by Crippen LogP contribution is 2.30. The van der Waals surface area contributed by atoms with Crippen molar-refractivity contribution >= 4 is 49.7 Å². The predicted molar refractivity (Wildman–Crippen MR) is 103 cm³/mol. The molecule has 2 rings (SSSR count). The van der Waals surface area contributed by atoms with Crippen molar-refractivity contribution in [3.8, 4) is 5.75 Å². The Morgan fingerprint density at radius 1 is 1.21 bits per heavy atom. The fourth-order valence-electron chi connectivity index (χ4n) is 1.95. The third-order valence-electron chi connectivity index (χ3n) is 3.13. The predicted octanol–water partition coefficient (Wildman–Crippen LogP) is 4.26. The Hall–Kier alpha value is -1.86. The first-order valence-corrected chi connectivity index (χ1v) is 8.93. The Morgan fingerprint density at radius 2 is 1.96 bits per heavy atom. The molecule has 0 heterocycles. The number of halogens is 2. The topological polar surface area (TPSA) is 73.7 Å². The lowest BCUT2D eigenvalue weighted by molar-refractivity contribution is -0.121. The molecule has 0 radical (unpaired) electrons. The summed E-state index contributed by atoms with van der Waals surface area (Å²) in [6.45, 7) is 0.709. The molecule has 0 fully saturated rings. The maximum atomic E-state index is 11.7. The van der Waals surface area contributed by atoms with Crippen LogP contribution in [0.5, 0.6) is 5.75 Å². The Kier molecular flexibility index (Phi) is 7.27. The maximum absolute atomic E-state index is 11.7. The number of nitrogens with zero attached hydrogens (tertiary/aromatic N) is 1. The minimum absolute atomic E-state index is 0.0725. The summed E-state index contributed by atoms with van der Waals surface area (Å²) in [4.78, 5) is 11.7. The minimum Gasteiger partial charge on any atom is -0.506 e. The number of anilines is 1. The van der Waals surface area contributed by atoms with Crippen LogP contribution in [0.1, 0.15) is 18.4 Å². The highest BCUT2D eigenvalue weighted by atomic mass is 79.9. The van der Waals surface area contributed by atoms with Gasteiger partial charge in [0.25, 0.3) is 0 Å². The zero-order valence-corrected chi connectivity index (χ0v) is 16.0. The molecule has 24 heavy (non-hydrogen) atoms. The normalized spacial score (nSPS) is 10.8. The van der Waals surface area contributed by atoms with Crippen molar-refractivity contribution in [2.24, 2.45) is 5.10 Å². The molecule has 0 bridgehead atoms. The number of para-hydroxylation sites is 1. The second-order valence-electron chi connectivity index (χ2n) is 5.01. The average molecular weight is 455 g/mol. The number of hydrogen-bond acceptors (Lipinski definition) is 4. The summed E-state index contributed by atoms with van der Waals surface area (Å²) in [7, 11) is 0. The minimum atomic E-state index is -0.172. The van der Waals surface area contributed by atoms with Gasteiger partial charge in [-0.1, -0.05) is 34.1 Å². The number of aromatic hydroxyl groups is 1. The van der Waals surface area contributed by atoms with Gasteiger partial charge in [-0.2, -0.15) is 5.10 Å². The molecular weight excluding hydrogens is 438 g/mol. The van der Waals surface area contributed by atoms with Crippen molar-refractivity contribution in [1.82, 2.24) is 5.43 Å².